The summed E-state index contributed by atoms with van der Waals surface area (Å²) in [5.74, 6) is 7.11. The van der Waals surface area contributed by atoms with Crippen molar-refractivity contribution in [2.24, 2.45) is 11.6 Å². The van der Waals surface area contributed by atoms with E-state index in [0.717, 1.165) is 16.7 Å². The molecule has 1 aromatic carbocycles. The normalized spacial score (nSPS) is 10.8. The van der Waals surface area contributed by atoms with Crippen molar-refractivity contribution >= 4 is 17.5 Å². The number of hydrogen-bond donors (Lipinski definition) is 4. The van der Waals surface area contributed by atoms with Gasteiger partial charge in [-0.15, -0.1) is 0 Å². The molecular formula is C17H21N7O. The van der Waals surface area contributed by atoms with E-state index in [2.05, 4.69) is 9.97 Å². The second-order valence-electron chi connectivity index (χ2n) is 5.74. The van der Waals surface area contributed by atoms with Gasteiger partial charge in [0.1, 0.15) is 11.4 Å². The molecule has 2 aromatic heterocycles. The molecule has 0 fully saturated rings. The molecule has 25 heavy (non-hydrogen) atoms. The topological polar surface area (TPSA) is 146 Å². The van der Waals surface area contributed by atoms with Gasteiger partial charge in [-0.25, -0.2) is 10.8 Å². The Bertz CT molecular complexity index is 877. The highest BCUT2D eigenvalue weighted by Crippen LogP contribution is 2.31. The summed E-state index contributed by atoms with van der Waals surface area (Å²) >= 11 is 0. The van der Waals surface area contributed by atoms with E-state index in [0.29, 0.717) is 36.0 Å². The number of hydrogen-bond acceptors (Lipinski definition) is 8. The quantitative estimate of drug-likeness (QED) is 0.404. The van der Waals surface area contributed by atoms with Crippen LogP contribution in [0.25, 0.3) is 11.5 Å². The molecule has 0 radical (unpaired) electrons. The molecule has 0 aliphatic carbocycles. The van der Waals surface area contributed by atoms with Gasteiger partial charge in [-0.3, -0.25) is 5.01 Å². The first kappa shape index (κ1) is 16.7. The first-order chi connectivity index (χ1) is 12.0. The van der Waals surface area contributed by atoms with Crippen molar-refractivity contribution in [1.29, 1.82) is 0 Å². The Balaban J connectivity index is 1.92. The summed E-state index contributed by atoms with van der Waals surface area (Å²) in [7, 11) is 0. The number of aromatic nitrogens is 2. The van der Waals surface area contributed by atoms with Crippen LogP contribution in [0.1, 0.15) is 16.7 Å². The molecule has 0 saturated carbocycles. The number of aryl methyl sites for hydroxylation is 1. The minimum absolute atomic E-state index is 0.0701. The molecule has 3 aromatic rings. The van der Waals surface area contributed by atoms with Crippen LogP contribution in [-0.2, 0) is 13.1 Å². The Morgan fingerprint density at radius 3 is 2.60 bits per heavy atom. The third-order valence-corrected chi connectivity index (χ3v) is 3.95. The van der Waals surface area contributed by atoms with E-state index in [1.807, 2.05) is 25.1 Å². The lowest BCUT2D eigenvalue weighted by Crippen LogP contribution is -2.32. The number of nitrogen functional groups attached to an aromatic ring is 2. The van der Waals surface area contributed by atoms with Crippen LogP contribution in [0.3, 0.4) is 0 Å². The molecule has 0 spiro atoms. The van der Waals surface area contributed by atoms with Crippen LogP contribution in [0.4, 0.5) is 17.5 Å². The number of rotatable bonds is 5. The van der Waals surface area contributed by atoms with Crippen LogP contribution in [-0.4, -0.2) is 9.97 Å². The zero-order valence-corrected chi connectivity index (χ0v) is 13.9. The first-order valence-electron chi connectivity index (χ1n) is 7.77. The third-order valence-electron chi connectivity index (χ3n) is 3.95. The molecule has 3 rings (SSSR count). The monoisotopic (exact) mass is 339 g/mol. The number of nitrogens with zero attached hydrogens (tertiary/aromatic N) is 3. The van der Waals surface area contributed by atoms with Crippen molar-refractivity contribution in [3.05, 3.63) is 53.3 Å². The molecule has 130 valence electrons. The number of hydrazine groups is 1. The molecule has 0 aliphatic rings. The van der Waals surface area contributed by atoms with Gasteiger partial charge in [0.2, 0.25) is 5.95 Å². The van der Waals surface area contributed by atoms with Crippen LogP contribution in [0.15, 0.2) is 41.0 Å². The molecule has 0 atom stereocenters. The lowest BCUT2D eigenvalue weighted by Gasteiger charge is -2.21. The van der Waals surface area contributed by atoms with Gasteiger partial charge in [0.25, 0.3) is 0 Å². The summed E-state index contributed by atoms with van der Waals surface area (Å²) < 4.78 is 5.35. The average molecular weight is 339 g/mol. The van der Waals surface area contributed by atoms with Crippen LogP contribution in [0.2, 0.25) is 0 Å². The van der Waals surface area contributed by atoms with Gasteiger partial charge in [-0.2, -0.15) is 4.98 Å². The van der Waals surface area contributed by atoms with Crippen molar-refractivity contribution < 1.29 is 4.42 Å². The molecule has 0 saturated heterocycles. The zero-order chi connectivity index (χ0) is 18.0. The Morgan fingerprint density at radius 1 is 1.16 bits per heavy atom. The number of anilines is 3. The highest BCUT2D eigenvalue weighted by atomic mass is 16.3. The summed E-state index contributed by atoms with van der Waals surface area (Å²) in [4.78, 5) is 8.33. The highest BCUT2D eigenvalue weighted by molar-refractivity contribution is 5.79. The van der Waals surface area contributed by atoms with Crippen LogP contribution < -0.4 is 28.1 Å². The second-order valence-corrected chi connectivity index (χ2v) is 5.74. The van der Waals surface area contributed by atoms with Crippen molar-refractivity contribution in [1.82, 2.24) is 9.97 Å². The maximum absolute atomic E-state index is 6.19. The van der Waals surface area contributed by atoms with Crippen molar-refractivity contribution in [2.45, 2.75) is 20.0 Å². The van der Waals surface area contributed by atoms with E-state index in [1.165, 1.54) is 11.3 Å². The standard InChI is InChI=1S/C17H21N7O/c1-10-7-11(4-5-12(10)8-18)9-24(21)16-14(19)15(22-17(20)23-16)13-3-2-6-25-13/h2-7H,8-9,18-19,21H2,1H3,(H2,20,22,23). The molecular weight excluding hydrogens is 318 g/mol. The Labute approximate surface area is 145 Å². The van der Waals surface area contributed by atoms with Gasteiger partial charge in [-0.05, 0) is 35.7 Å². The van der Waals surface area contributed by atoms with Crippen molar-refractivity contribution in [3.8, 4) is 11.5 Å². The maximum atomic E-state index is 6.19. The van der Waals surface area contributed by atoms with Gasteiger partial charge in [0.15, 0.2) is 11.6 Å². The van der Waals surface area contributed by atoms with E-state index in [4.69, 9.17) is 27.5 Å². The minimum atomic E-state index is 0.0701. The molecule has 0 bridgehead atoms. The predicted octanol–water partition coefficient (Wildman–Crippen LogP) is 1.55. The van der Waals surface area contributed by atoms with Crippen LogP contribution >= 0.6 is 0 Å². The molecule has 0 aliphatic heterocycles. The molecule has 2 heterocycles. The fourth-order valence-corrected chi connectivity index (χ4v) is 2.65. The average Bonchev–Trinajstić information content (AvgIpc) is 3.11. The summed E-state index contributed by atoms with van der Waals surface area (Å²) in [6, 6.07) is 9.50. The lowest BCUT2D eigenvalue weighted by molar-refractivity contribution is 0.580. The van der Waals surface area contributed by atoms with E-state index < -0.39 is 0 Å². The summed E-state index contributed by atoms with van der Waals surface area (Å²) in [5.41, 5.74) is 21.6. The molecule has 0 amide bonds. The summed E-state index contributed by atoms with van der Waals surface area (Å²) in [6.07, 6.45) is 1.54. The van der Waals surface area contributed by atoms with E-state index in [-0.39, 0.29) is 5.95 Å². The van der Waals surface area contributed by atoms with Crippen molar-refractivity contribution in [3.63, 3.8) is 0 Å². The van der Waals surface area contributed by atoms with E-state index >= 15 is 0 Å². The zero-order valence-electron chi connectivity index (χ0n) is 13.9. The summed E-state index contributed by atoms with van der Waals surface area (Å²) in [5, 5.41) is 1.44. The largest absolute Gasteiger partial charge is 0.463 e. The fourth-order valence-electron chi connectivity index (χ4n) is 2.65. The van der Waals surface area contributed by atoms with Gasteiger partial charge >= 0.3 is 0 Å². The van der Waals surface area contributed by atoms with Crippen LogP contribution in [0, 0.1) is 6.92 Å². The molecule has 8 heteroatoms. The number of benzene rings is 1. The number of furan rings is 1. The Morgan fingerprint density at radius 2 is 1.96 bits per heavy atom. The predicted molar refractivity (Wildman–Crippen MR) is 98.0 cm³/mol. The van der Waals surface area contributed by atoms with E-state index in [9.17, 15) is 0 Å². The van der Waals surface area contributed by atoms with Gasteiger partial charge in [0.05, 0.1) is 12.8 Å². The third kappa shape index (κ3) is 3.39. The smallest absolute Gasteiger partial charge is 0.222 e. The lowest BCUT2D eigenvalue weighted by atomic mass is 10.1. The fraction of sp³-hybridized carbons (Fsp3) is 0.176. The molecule has 8 nitrogen and oxygen atoms in total. The van der Waals surface area contributed by atoms with Gasteiger partial charge < -0.3 is 21.6 Å². The maximum Gasteiger partial charge on any atom is 0.222 e. The summed E-state index contributed by atoms with van der Waals surface area (Å²) in [6.45, 7) is 2.92. The Kier molecular flexibility index (Phi) is 4.55. The van der Waals surface area contributed by atoms with Crippen molar-refractivity contribution in [2.75, 3.05) is 16.5 Å². The molecule has 8 N–H and O–H groups in total. The van der Waals surface area contributed by atoms with Crippen LogP contribution in [0.5, 0.6) is 0 Å². The second kappa shape index (κ2) is 6.80. The SMILES string of the molecule is Cc1cc(CN(N)c2nc(N)nc(-c3ccco3)c2N)ccc1CN. The highest BCUT2D eigenvalue weighted by Gasteiger charge is 2.18. The van der Waals surface area contributed by atoms with Gasteiger partial charge in [0, 0.05) is 6.54 Å². The Hall–Kier alpha value is -3.10. The molecule has 0 unspecified atom stereocenters. The van der Waals surface area contributed by atoms with E-state index in [1.54, 1.807) is 12.1 Å². The van der Waals surface area contributed by atoms with Gasteiger partial charge in [-0.1, -0.05) is 18.2 Å². The minimum Gasteiger partial charge on any atom is -0.463 e. The first-order valence-corrected chi connectivity index (χ1v) is 7.77. The number of nitrogens with two attached hydrogens (primary N) is 4.